The van der Waals surface area contributed by atoms with Gasteiger partial charge in [-0.25, -0.2) is 22.8 Å². The topological polar surface area (TPSA) is 59.9 Å². The number of aromatic nitrogens is 2. The van der Waals surface area contributed by atoms with Gasteiger partial charge in [0.15, 0.2) is 0 Å². The van der Waals surface area contributed by atoms with Crippen LogP contribution in [0.4, 0.5) is 4.39 Å². The molecule has 0 aliphatic carbocycles. The van der Waals surface area contributed by atoms with Crippen LogP contribution in [0.2, 0.25) is 0 Å². The second-order valence-corrected chi connectivity index (χ2v) is 5.78. The van der Waals surface area contributed by atoms with E-state index in [0.717, 1.165) is 26.2 Å². The number of hydrogen-bond donors (Lipinski definition) is 0. The molecule has 4 nitrogen and oxygen atoms in total. The Morgan fingerprint density at radius 3 is 2.07 bits per heavy atom. The Bertz CT molecular complexity index is 420. The molecular formula is C8H11FN2O2S. The van der Waals surface area contributed by atoms with Gasteiger partial charge in [0.2, 0.25) is 14.8 Å². The van der Waals surface area contributed by atoms with Crippen molar-refractivity contribution in [2.45, 2.75) is 30.7 Å². The first-order valence-corrected chi connectivity index (χ1v) is 5.45. The fourth-order valence-electron chi connectivity index (χ4n) is 0.800. The summed E-state index contributed by atoms with van der Waals surface area (Å²) in [5.74, 6) is 0.445. The zero-order valence-electron chi connectivity index (χ0n) is 8.15. The normalized spacial score (nSPS) is 12.9. The summed E-state index contributed by atoms with van der Waals surface area (Å²) in [6.45, 7) is 3.60. The lowest BCUT2D eigenvalue weighted by Crippen LogP contribution is -2.26. The van der Waals surface area contributed by atoms with Gasteiger partial charge in [-0.3, -0.25) is 0 Å². The van der Waals surface area contributed by atoms with Gasteiger partial charge in [-0.2, -0.15) is 0 Å². The molecule has 0 saturated heterocycles. The summed E-state index contributed by atoms with van der Waals surface area (Å²) in [4.78, 5) is 7.21. The van der Waals surface area contributed by atoms with E-state index in [1.165, 1.54) is 0 Å². The molecule has 0 aliphatic heterocycles. The molecule has 1 heterocycles. The highest BCUT2D eigenvalue weighted by Gasteiger charge is 2.36. The van der Waals surface area contributed by atoms with E-state index in [1.807, 2.05) is 0 Å². The minimum atomic E-state index is -3.98. The van der Waals surface area contributed by atoms with E-state index in [1.54, 1.807) is 6.92 Å². The monoisotopic (exact) mass is 218 g/mol. The van der Waals surface area contributed by atoms with Crippen LogP contribution in [0, 0.1) is 6.92 Å². The molecule has 0 fully saturated rings. The van der Waals surface area contributed by atoms with E-state index < -0.39 is 14.8 Å². The molecule has 0 N–H and O–H groups in total. The predicted octanol–water partition coefficient (Wildman–Crippen LogP) is 1.26. The molecule has 0 atom stereocenters. The van der Waals surface area contributed by atoms with Gasteiger partial charge in [0.1, 0.15) is 10.7 Å². The molecule has 0 amide bonds. The molecule has 0 unspecified atom stereocenters. The number of sulfone groups is 1. The molecule has 1 aromatic heterocycles. The number of alkyl halides is 1. The molecule has 0 spiro atoms. The first-order valence-electron chi connectivity index (χ1n) is 3.97. The Hall–Kier alpha value is -1.04. The summed E-state index contributed by atoms with van der Waals surface area (Å²) in [6.07, 6.45) is 2.22. The Morgan fingerprint density at radius 2 is 1.71 bits per heavy atom. The van der Waals surface area contributed by atoms with Gasteiger partial charge < -0.3 is 0 Å². The molecule has 1 aromatic rings. The van der Waals surface area contributed by atoms with Gasteiger partial charge in [-0.15, -0.1) is 0 Å². The van der Waals surface area contributed by atoms with Crippen molar-refractivity contribution in [1.29, 1.82) is 0 Å². The van der Waals surface area contributed by atoms with Crippen molar-refractivity contribution < 1.29 is 12.8 Å². The van der Waals surface area contributed by atoms with Crippen molar-refractivity contribution in [3.8, 4) is 0 Å². The maximum atomic E-state index is 13.3. The number of rotatable bonds is 2. The fraction of sp³-hybridized carbons (Fsp3) is 0.500. The van der Waals surface area contributed by atoms with Crippen molar-refractivity contribution in [3.63, 3.8) is 0 Å². The maximum absolute atomic E-state index is 13.3. The highest BCUT2D eigenvalue weighted by molar-refractivity contribution is 7.92. The average Bonchev–Trinajstić information content (AvgIpc) is 2.03. The number of aryl methyl sites for hydroxylation is 1. The third kappa shape index (κ3) is 1.89. The van der Waals surface area contributed by atoms with Crippen LogP contribution in [0.1, 0.15) is 19.7 Å². The lowest BCUT2D eigenvalue weighted by Gasteiger charge is -2.14. The second-order valence-electron chi connectivity index (χ2n) is 3.33. The molecule has 78 valence electrons. The lowest BCUT2D eigenvalue weighted by molar-refractivity contribution is 0.319. The van der Waals surface area contributed by atoms with Crippen LogP contribution in [0.5, 0.6) is 0 Å². The zero-order valence-corrected chi connectivity index (χ0v) is 8.97. The van der Waals surface area contributed by atoms with Crippen molar-refractivity contribution >= 4 is 9.84 Å². The van der Waals surface area contributed by atoms with Crippen LogP contribution in [-0.4, -0.2) is 23.4 Å². The Balaban J connectivity index is 3.25. The van der Waals surface area contributed by atoms with E-state index >= 15 is 0 Å². The standard InChI is InChI=1S/C8H11FN2O2S/c1-6-10-4-7(5-11-6)14(12,13)8(2,3)9/h4-5H,1-3H3. The van der Waals surface area contributed by atoms with E-state index in [0.29, 0.717) is 5.82 Å². The molecule has 6 heteroatoms. The second kappa shape index (κ2) is 3.27. The number of hydrogen-bond acceptors (Lipinski definition) is 4. The van der Waals surface area contributed by atoms with E-state index in [4.69, 9.17) is 0 Å². The van der Waals surface area contributed by atoms with Gasteiger partial charge in [-0.1, -0.05) is 0 Å². The summed E-state index contributed by atoms with van der Waals surface area (Å²) >= 11 is 0. The van der Waals surface area contributed by atoms with Crippen molar-refractivity contribution in [2.75, 3.05) is 0 Å². The Labute approximate surface area is 82.1 Å². The SMILES string of the molecule is Cc1ncc(S(=O)(=O)C(C)(C)F)cn1. The van der Waals surface area contributed by atoms with Crippen LogP contribution in [-0.2, 0) is 9.84 Å². The number of halogens is 1. The first-order chi connectivity index (χ1) is 6.25. The van der Waals surface area contributed by atoms with E-state index in [9.17, 15) is 12.8 Å². The predicted molar refractivity (Wildman–Crippen MR) is 49.1 cm³/mol. The largest absolute Gasteiger partial charge is 0.240 e. The highest BCUT2D eigenvalue weighted by atomic mass is 32.2. The van der Waals surface area contributed by atoms with Gasteiger partial charge in [0.05, 0.1) is 0 Å². The third-order valence-corrected chi connectivity index (χ3v) is 3.82. The van der Waals surface area contributed by atoms with Crippen LogP contribution in [0.3, 0.4) is 0 Å². The minimum absolute atomic E-state index is 0.199. The third-order valence-electron chi connectivity index (χ3n) is 1.71. The van der Waals surface area contributed by atoms with Crippen LogP contribution < -0.4 is 0 Å². The summed E-state index contributed by atoms with van der Waals surface area (Å²) in [6, 6.07) is 0. The van der Waals surface area contributed by atoms with E-state index in [-0.39, 0.29) is 4.90 Å². The average molecular weight is 218 g/mol. The van der Waals surface area contributed by atoms with Crippen LogP contribution >= 0.6 is 0 Å². The molecule has 0 aromatic carbocycles. The van der Waals surface area contributed by atoms with Gasteiger partial charge >= 0.3 is 0 Å². The molecule has 0 aliphatic rings. The lowest BCUT2D eigenvalue weighted by atomic mass is 10.5. The summed E-state index contributed by atoms with van der Waals surface area (Å²) < 4.78 is 36.3. The Kier molecular flexibility index (Phi) is 2.58. The fourth-order valence-corrected chi connectivity index (χ4v) is 1.74. The van der Waals surface area contributed by atoms with Crippen LogP contribution in [0.15, 0.2) is 17.3 Å². The Morgan fingerprint density at radius 1 is 1.29 bits per heavy atom. The molecule has 0 bridgehead atoms. The first kappa shape index (κ1) is 11.0. The number of nitrogens with zero attached hydrogens (tertiary/aromatic N) is 2. The van der Waals surface area contributed by atoms with Gasteiger partial charge in [-0.05, 0) is 20.8 Å². The zero-order chi connectivity index (χ0) is 11.0. The highest BCUT2D eigenvalue weighted by Crippen LogP contribution is 2.25. The van der Waals surface area contributed by atoms with Crippen LogP contribution in [0.25, 0.3) is 0 Å². The molecule has 14 heavy (non-hydrogen) atoms. The molecular weight excluding hydrogens is 207 g/mol. The van der Waals surface area contributed by atoms with Gasteiger partial charge in [0, 0.05) is 12.4 Å². The quantitative estimate of drug-likeness (QED) is 0.749. The van der Waals surface area contributed by atoms with Crippen molar-refractivity contribution in [2.24, 2.45) is 0 Å². The van der Waals surface area contributed by atoms with Crippen molar-refractivity contribution in [3.05, 3.63) is 18.2 Å². The summed E-state index contributed by atoms with van der Waals surface area (Å²) in [7, 11) is -3.98. The summed E-state index contributed by atoms with van der Waals surface area (Å²) in [5, 5.41) is -2.31. The van der Waals surface area contributed by atoms with E-state index in [2.05, 4.69) is 9.97 Å². The van der Waals surface area contributed by atoms with Gasteiger partial charge in [0.25, 0.3) is 0 Å². The smallest absolute Gasteiger partial charge is 0.215 e. The molecule has 0 radical (unpaired) electrons. The minimum Gasteiger partial charge on any atom is -0.240 e. The summed E-state index contributed by atoms with van der Waals surface area (Å²) in [5.41, 5.74) is 0. The van der Waals surface area contributed by atoms with Crippen molar-refractivity contribution in [1.82, 2.24) is 9.97 Å². The molecule has 1 rings (SSSR count). The maximum Gasteiger partial charge on any atom is 0.215 e. The molecule has 0 saturated carbocycles.